The molecule has 0 fully saturated rings. The molecule has 0 N–H and O–H groups in total. The summed E-state index contributed by atoms with van der Waals surface area (Å²) >= 11 is 12.4. The fourth-order valence-corrected chi connectivity index (χ4v) is 1.88. The molecule has 0 radical (unpaired) electrons. The average Bonchev–Trinajstić information content (AvgIpc) is 2.19. The Hall–Kier alpha value is -0.270. The molecule has 0 aliphatic heterocycles. The smallest absolute Gasteiger partial charge is 0.0621 e. The Morgan fingerprint density at radius 1 is 1.38 bits per heavy atom. The van der Waals surface area contributed by atoms with Crippen molar-refractivity contribution in [3.05, 3.63) is 29.0 Å². The van der Waals surface area contributed by atoms with Gasteiger partial charge in [-0.3, -0.25) is 4.98 Å². The highest BCUT2D eigenvalue weighted by atomic mass is 35.5. The standard InChI is InChI=1S/C13H19Cl2N/c1-13(2,3)12(15)6-4-5-10-7-8-16-9-11(10)14/h7-9,12H,4-6H2,1-3H3. The summed E-state index contributed by atoms with van der Waals surface area (Å²) in [6, 6.07) is 1.97. The van der Waals surface area contributed by atoms with Crippen LogP contribution in [0.2, 0.25) is 5.02 Å². The molecule has 1 aromatic heterocycles. The van der Waals surface area contributed by atoms with Crippen molar-refractivity contribution in [3.8, 4) is 0 Å². The third-order valence-corrected chi connectivity index (χ3v) is 3.91. The maximum Gasteiger partial charge on any atom is 0.0621 e. The van der Waals surface area contributed by atoms with Gasteiger partial charge >= 0.3 is 0 Å². The van der Waals surface area contributed by atoms with Gasteiger partial charge in [-0.1, -0.05) is 32.4 Å². The van der Waals surface area contributed by atoms with Crippen molar-refractivity contribution >= 4 is 23.2 Å². The first-order chi connectivity index (χ1) is 7.41. The van der Waals surface area contributed by atoms with Crippen LogP contribution in [0.3, 0.4) is 0 Å². The quantitative estimate of drug-likeness (QED) is 0.714. The molecule has 1 rings (SSSR count). The number of halogens is 2. The Bertz CT molecular complexity index is 331. The number of alkyl halides is 1. The minimum atomic E-state index is 0.170. The zero-order valence-corrected chi connectivity index (χ0v) is 11.6. The summed E-state index contributed by atoms with van der Waals surface area (Å²) < 4.78 is 0. The van der Waals surface area contributed by atoms with Crippen LogP contribution in [-0.4, -0.2) is 10.4 Å². The van der Waals surface area contributed by atoms with E-state index in [1.54, 1.807) is 12.4 Å². The van der Waals surface area contributed by atoms with Crippen molar-refractivity contribution in [2.24, 2.45) is 5.41 Å². The SMILES string of the molecule is CC(C)(C)C(Cl)CCCc1ccncc1Cl. The second kappa shape index (κ2) is 5.88. The lowest BCUT2D eigenvalue weighted by atomic mass is 9.88. The maximum absolute atomic E-state index is 6.32. The lowest BCUT2D eigenvalue weighted by Gasteiger charge is -2.25. The Kier molecular flexibility index (Phi) is 5.07. The summed E-state index contributed by atoms with van der Waals surface area (Å²) in [7, 11) is 0. The van der Waals surface area contributed by atoms with E-state index in [4.69, 9.17) is 23.2 Å². The molecule has 0 bridgehead atoms. The Labute approximate surface area is 108 Å². The van der Waals surface area contributed by atoms with E-state index in [1.807, 2.05) is 6.07 Å². The zero-order valence-electron chi connectivity index (χ0n) is 10.1. The molecule has 0 spiro atoms. The van der Waals surface area contributed by atoms with Crippen LogP contribution in [0.25, 0.3) is 0 Å². The molecule has 1 unspecified atom stereocenters. The van der Waals surface area contributed by atoms with Crippen LogP contribution >= 0.6 is 23.2 Å². The molecule has 3 heteroatoms. The van der Waals surface area contributed by atoms with Crippen LogP contribution in [0.5, 0.6) is 0 Å². The normalized spacial score (nSPS) is 13.8. The fourth-order valence-electron chi connectivity index (χ4n) is 1.51. The van der Waals surface area contributed by atoms with Gasteiger partial charge in [0.2, 0.25) is 0 Å². The second-order valence-electron chi connectivity index (χ2n) is 5.19. The summed E-state index contributed by atoms with van der Waals surface area (Å²) in [4.78, 5) is 3.97. The van der Waals surface area contributed by atoms with Crippen LogP contribution in [0.15, 0.2) is 18.5 Å². The van der Waals surface area contributed by atoms with Crippen molar-refractivity contribution in [2.75, 3.05) is 0 Å². The highest BCUT2D eigenvalue weighted by molar-refractivity contribution is 6.31. The summed E-state index contributed by atoms with van der Waals surface area (Å²) in [5, 5.41) is 0.970. The molecule has 0 amide bonds. The van der Waals surface area contributed by atoms with E-state index in [9.17, 15) is 0 Å². The molecule has 1 heterocycles. The fraction of sp³-hybridized carbons (Fsp3) is 0.615. The number of hydrogen-bond acceptors (Lipinski definition) is 1. The largest absolute Gasteiger partial charge is 0.263 e. The van der Waals surface area contributed by atoms with Gasteiger partial charge in [0.25, 0.3) is 0 Å². The topological polar surface area (TPSA) is 12.9 Å². The Balaban J connectivity index is 2.40. The maximum atomic E-state index is 6.32. The Morgan fingerprint density at radius 3 is 2.62 bits per heavy atom. The van der Waals surface area contributed by atoms with Gasteiger partial charge in [0.05, 0.1) is 5.02 Å². The van der Waals surface area contributed by atoms with Gasteiger partial charge in [0.1, 0.15) is 0 Å². The number of rotatable bonds is 4. The molecule has 1 atom stereocenters. The van der Waals surface area contributed by atoms with E-state index >= 15 is 0 Å². The third-order valence-electron chi connectivity index (χ3n) is 2.70. The Morgan fingerprint density at radius 2 is 2.06 bits per heavy atom. The van der Waals surface area contributed by atoms with E-state index in [-0.39, 0.29) is 10.8 Å². The number of nitrogens with zero attached hydrogens (tertiary/aromatic N) is 1. The third kappa shape index (κ3) is 4.31. The van der Waals surface area contributed by atoms with Gasteiger partial charge in [0.15, 0.2) is 0 Å². The van der Waals surface area contributed by atoms with E-state index in [2.05, 4.69) is 25.8 Å². The van der Waals surface area contributed by atoms with Gasteiger partial charge < -0.3 is 0 Å². The minimum absolute atomic E-state index is 0.170. The van der Waals surface area contributed by atoms with Gasteiger partial charge in [0, 0.05) is 17.8 Å². The minimum Gasteiger partial charge on any atom is -0.263 e. The lowest BCUT2D eigenvalue weighted by Crippen LogP contribution is -2.20. The molecule has 90 valence electrons. The molecular weight excluding hydrogens is 241 g/mol. The molecule has 0 saturated carbocycles. The number of aromatic nitrogens is 1. The first-order valence-corrected chi connectivity index (χ1v) is 6.45. The predicted octanol–water partition coefficient (Wildman–Crippen LogP) is 4.71. The van der Waals surface area contributed by atoms with Crippen molar-refractivity contribution in [2.45, 2.75) is 45.4 Å². The first-order valence-electron chi connectivity index (χ1n) is 5.63. The van der Waals surface area contributed by atoms with Gasteiger partial charge in [-0.2, -0.15) is 0 Å². The lowest BCUT2D eigenvalue weighted by molar-refractivity contribution is 0.369. The number of hydrogen-bond donors (Lipinski definition) is 0. The molecule has 0 saturated heterocycles. The first kappa shape index (κ1) is 13.8. The molecule has 16 heavy (non-hydrogen) atoms. The van der Waals surface area contributed by atoms with Crippen LogP contribution < -0.4 is 0 Å². The molecule has 0 aromatic carbocycles. The van der Waals surface area contributed by atoms with Crippen LogP contribution in [0.1, 0.15) is 39.2 Å². The van der Waals surface area contributed by atoms with Crippen LogP contribution in [0, 0.1) is 5.41 Å². The van der Waals surface area contributed by atoms with Crippen molar-refractivity contribution < 1.29 is 0 Å². The molecule has 1 nitrogen and oxygen atoms in total. The van der Waals surface area contributed by atoms with Gasteiger partial charge in [-0.25, -0.2) is 0 Å². The molecule has 0 aliphatic carbocycles. The monoisotopic (exact) mass is 259 g/mol. The summed E-state index contributed by atoms with van der Waals surface area (Å²) in [6.45, 7) is 6.51. The van der Waals surface area contributed by atoms with Crippen LogP contribution in [0.4, 0.5) is 0 Å². The molecule has 1 aromatic rings. The molecule has 0 aliphatic rings. The highest BCUT2D eigenvalue weighted by Gasteiger charge is 2.21. The van der Waals surface area contributed by atoms with Gasteiger partial charge in [-0.05, 0) is 36.3 Å². The summed E-state index contributed by atoms with van der Waals surface area (Å²) in [5.74, 6) is 0. The number of pyridine rings is 1. The number of aryl methyl sites for hydroxylation is 1. The van der Waals surface area contributed by atoms with E-state index in [0.717, 1.165) is 29.8 Å². The summed E-state index contributed by atoms with van der Waals surface area (Å²) in [5.41, 5.74) is 1.33. The van der Waals surface area contributed by atoms with Gasteiger partial charge in [-0.15, -0.1) is 11.6 Å². The van der Waals surface area contributed by atoms with E-state index in [0.29, 0.717) is 0 Å². The van der Waals surface area contributed by atoms with Crippen molar-refractivity contribution in [1.82, 2.24) is 4.98 Å². The highest BCUT2D eigenvalue weighted by Crippen LogP contribution is 2.28. The summed E-state index contributed by atoms with van der Waals surface area (Å²) in [6.07, 6.45) is 6.53. The zero-order chi connectivity index (χ0) is 12.2. The van der Waals surface area contributed by atoms with E-state index < -0.39 is 0 Å². The average molecular weight is 260 g/mol. The van der Waals surface area contributed by atoms with Crippen molar-refractivity contribution in [3.63, 3.8) is 0 Å². The van der Waals surface area contributed by atoms with Crippen molar-refractivity contribution in [1.29, 1.82) is 0 Å². The van der Waals surface area contributed by atoms with Crippen LogP contribution in [-0.2, 0) is 6.42 Å². The molecular formula is C13H19Cl2N. The van der Waals surface area contributed by atoms with E-state index in [1.165, 1.54) is 0 Å². The second-order valence-corrected chi connectivity index (χ2v) is 6.13. The predicted molar refractivity (Wildman–Crippen MR) is 71.3 cm³/mol.